The van der Waals surface area contributed by atoms with Gasteiger partial charge < -0.3 is 9.64 Å². The van der Waals surface area contributed by atoms with Crippen LogP contribution in [0.5, 0.6) is 0 Å². The number of rotatable bonds is 4. The molecule has 0 radical (unpaired) electrons. The highest BCUT2D eigenvalue weighted by atomic mass is 16.6. The molecule has 2 aliphatic rings. The Bertz CT molecular complexity index is 399. The summed E-state index contributed by atoms with van der Waals surface area (Å²) in [6.45, 7) is 7.83. The first-order valence-electron chi connectivity index (χ1n) is 8.86. The van der Waals surface area contributed by atoms with Crippen molar-refractivity contribution in [1.82, 2.24) is 4.90 Å². The molecule has 0 aromatic rings. The van der Waals surface area contributed by atoms with Gasteiger partial charge in [0.1, 0.15) is 11.4 Å². The number of nitrogens with zero attached hydrogens (tertiary/aromatic N) is 1. The highest BCUT2D eigenvalue weighted by molar-refractivity contribution is 5.81. The molecular weight excluding hydrogens is 278 g/mol. The van der Waals surface area contributed by atoms with Gasteiger partial charge >= 0.3 is 6.09 Å². The van der Waals surface area contributed by atoms with Crippen molar-refractivity contribution in [3.63, 3.8) is 0 Å². The molecule has 2 heterocycles. The van der Waals surface area contributed by atoms with E-state index in [9.17, 15) is 9.59 Å². The Hall–Kier alpha value is -1.06. The second-order valence-corrected chi connectivity index (χ2v) is 7.86. The van der Waals surface area contributed by atoms with Gasteiger partial charge in [-0.1, -0.05) is 13.3 Å². The zero-order valence-corrected chi connectivity index (χ0v) is 14.6. The molecule has 2 aliphatic heterocycles. The van der Waals surface area contributed by atoms with Gasteiger partial charge in [0.25, 0.3) is 0 Å². The topological polar surface area (TPSA) is 46.6 Å². The maximum atomic E-state index is 12.5. The van der Waals surface area contributed by atoms with Crippen LogP contribution >= 0.6 is 0 Å². The predicted molar refractivity (Wildman–Crippen MR) is 86.8 cm³/mol. The number of piperidine rings is 2. The molecule has 0 spiro atoms. The summed E-state index contributed by atoms with van der Waals surface area (Å²) < 4.78 is 5.58. The SMILES string of the molecule is CCCCC(=O)C1CC2CCCC(C1)N2C(=O)OC(C)(C)C. The van der Waals surface area contributed by atoms with Crippen LogP contribution in [-0.2, 0) is 9.53 Å². The van der Waals surface area contributed by atoms with E-state index in [0.717, 1.165) is 44.9 Å². The molecule has 4 nitrogen and oxygen atoms in total. The van der Waals surface area contributed by atoms with Gasteiger partial charge in [-0.2, -0.15) is 0 Å². The van der Waals surface area contributed by atoms with Crippen molar-refractivity contribution in [1.29, 1.82) is 0 Å². The van der Waals surface area contributed by atoms with Crippen molar-refractivity contribution >= 4 is 11.9 Å². The fraction of sp³-hybridized carbons (Fsp3) is 0.889. The Morgan fingerprint density at radius 3 is 2.23 bits per heavy atom. The van der Waals surface area contributed by atoms with Crippen LogP contribution in [-0.4, -0.2) is 34.5 Å². The van der Waals surface area contributed by atoms with Crippen LogP contribution in [0.4, 0.5) is 4.79 Å². The Labute approximate surface area is 134 Å². The summed E-state index contributed by atoms with van der Waals surface area (Å²) in [5.74, 6) is 0.558. The van der Waals surface area contributed by atoms with Gasteiger partial charge in [-0.25, -0.2) is 4.79 Å². The van der Waals surface area contributed by atoms with E-state index >= 15 is 0 Å². The highest BCUT2D eigenvalue weighted by Crippen LogP contribution is 2.38. The number of ketones is 1. The summed E-state index contributed by atoms with van der Waals surface area (Å²) in [6, 6.07) is 0.385. The molecule has 4 heteroatoms. The molecule has 0 aliphatic carbocycles. The third-order valence-corrected chi connectivity index (χ3v) is 4.81. The fourth-order valence-corrected chi connectivity index (χ4v) is 3.81. The molecule has 0 N–H and O–H groups in total. The number of amides is 1. The monoisotopic (exact) mass is 309 g/mol. The summed E-state index contributed by atoms with van der Waals surface area (Å²) in [6.07, 6.45) is 7.39. The Morgan fingerprint density at radius 2 is 1.73 bits per heavy atom. The van der Waals surface area contributed by atoms with Gasteiger partial charge in [0, 0.05) is 24.4 Å². The molecule has 1 amide bonds. The van der Waals surface area contributed by atoms with E-state index in [4.69, 9.17) is 4.74 Å². The summed E-state index contributed by atoms with van der Waals surface area (Å²) in [4.78, 5) is 26.8. The second kappa shape index (κ2) is 7.01. The first-order valence-corrected chi connectivity index (χ1v) is 8.86. The van der Waals surface area contributed by atoms with Gasteiger partial charge in [0.2, 0.25) is 0 Å². The van der Waals surface area contributed by atoms with Crippen molar-refractivity contribution in [3.8, 4) is 0 Å². The third-order valence-electron chi connectivity index (χ3n) is 4.81. The molecule has 22 heavy (non-hydrogen) atoms. The first kappa shape index (κ1) is 17.3. The van der Waals surface area contributed by atoms with Gasteiger partial charge in [0.05, 0.1) is 0 Å². The lowest BCUT2D eigenvalue weighted by molar-refractivity contribution is -0.127. The zero-order valence-electron chi connectivity index (χ0n) is 14.6. The molecule has 2 unspecified atom stereocenters. The zero-order chi connectivity index (χ0) is 16.3. The van der Waals surface area contributed by atoms with Gasteiger partial charge in [-0.05, 0) is 59.3 Å². The maximum absolute atomic E-state index is 12.5. The number of Topliss-reactive ketones (excluding diaryl/α,β-unsaturated/α-hetero) is 1. The summed E-state index contributed by atoms with van der Waals surface area (Å²) in [5, 5.41) is 0. The average Bonchev–Trinajstić information content (AvgIpc) is 2.41. The standard InChI is InChI=1S/C18H31NO3/c1-5-6-10-16(20)13-11-14-8-7-9-15(12-13)19(14)17(21)22-18(2,3)4/h13-15H,5-12H2,1-4H3. The largest absolute Gasteiger partial charge is 0.444 e. The minimum Gasteiger partial charge on any atom is -0.444 e. The number of fused-ring (bicyclic) bond motifs is 2. The van der Waals surface area contributed by atoms with Crippen molar-refractivity contribution in [3.05, 3.63) is 0 Å². The molecule has 2 bridgehead atoms. The fourth-order valence-electron chi connectivity index (χ4n) is 3.81. The minimum absolute atomic E-state index is 0.153. The molecule has 2 fully saturated rings. The number of hydrogen-bond donors (Lipinski definition) is 0. The first-order chi connectivity index (χ1) is 10.3. The molecule has 0 aromatic carbocycles. The van der Waals surface area contributed by atoms with Crippen LogP contribution in [0.3, 0.4) is 0 Å². The number of unbranched alkanes of at least 4 members (excludes halogenated alkanes) is 1. The van der Waals surface area contributed by atoms with E-state index < -0.39 is 5.60 Å². The van der Waals surface area contributed by atoms with Crippen LogP contribution in [0.25, 0.3) is 0 Å². The second-order valence-electron chi connectivity index (χ2n) is 7.86. The quantitative estimate of drug-likeness (QED) is 0.777. The maximum Gasteiger partial charge on any atom is 0.410 e. The minimum atomic E-state index is -0.459. The van der Waals surface area contributed by atoms with Gasteiger partial charge in [-0.15, -0.1) is 0 Å². The molecule has 0 aromatic heterocycles. The number of hydrogen-bond acceptors (Lipinski definition) is 3. The third kappa shape index (κ3) is 4.23. The lowest BCUT2D eigenvalue weighted by atomic mass is 9.76. The highest BCUT2D eigenvalue weighted by Gasteiger charge is 2.43. The van der Waals surface area contributed by atoms with Crippen molar-refractivity contribution in [2.45, 2.75) is 96.7 Å². The molecule has 2 atom stereocenters. The summed E-state index contributed by atoms with van der Waals surface area (Å²) in [7, 11) is 0. The lowest BCUT2D eigenvalue weighted by Crippen LogP contribution is -2.56. The Kier molecular flexibility index (Phi) is 5.51. The molecule has 0 saturated carbocycles. The smallest absolute Gasteiger partial charge is 0.410 e. The lowest BCUT2D eigenvalue weighted by Gasteiger charge is -2.48. The predicted octanol–water partition coefficient (Wildman–Crippen LogP) is 4.31. The van der Waals surface area contributed by atoms with Crippen molar-refractivity contribution in [2.24, 2.45) is 5.92 Å². The van der Waals surface area contributed by atoms with E-state index in [1.165, 1.54) is 0 Å². The molecule has 126 valence electrons. The molecule has 2 saturated heterocycles. The van der Waals surface area contributed by atoms with Crippen LogP contribution in [0.15, 0.2) is 0 Å². The number of ether oxygens (including phenoxy) is 1. The van der Waals surface area contributed by atoms with Gasteiger partial charge in [-0.3, -0.25) is 4.79 Å². The van der Waals surface area contributed by atoms with Gasteiger partial charge in [0.15, 0.2) is 0 Å². The van der Waals surface area contributed by atoms with E-state index in [1.54, 1.807) is 0 Å². The normalized spacial score (nSPS) is 28.4. The average molecular weight is 309 g/mol. The molecule has 2 rings (SSSR count). The van der Waals surface area contributed by atoms with Crippen molar-refractivity contribution in [2.75, 3.05) is 0 Å². The number of carbonyl (C=O) groups excluding carboxylic acids is 2. The number of carbonyl (C=O) groups is 2. The van der Waals surface area contributed by atoms with E-state index in [2.05, 4.69) is 6.92 Å². The van der Waals surface area contributed by atoms with Crippen LogP contribution in [0, 0.1) is 5.92 Å². The summed E-state index contributed by atoms with van der Waals surface area (Å²) >= 11 is 0. The van der Waals surface area contributed by atoms with Crippen LogP contribution in [0.2, 0.25) is 0 Å². The Morgan fingerprint density at radius 1 is 1.14 bits per heavy atom. The van der Waals surface area contributed by atoms with E-state index in [-0.39, 0.29) is 24.1 Å². The van der Waals surface area contributed by atoms with Crippen molar-refractivity contribution < 1.29 is 14.3 Å². The van der Waals surface area contributed by atoms with E-state index in [0.29, 0.717) is 12.2 Å². The molecular formula is C18H31NO3. The summed E-state index contributed by atoms with van der Waals surface area (Å²) in [5.41, 5.74) is -0.459. The Balaban J connectivity index is 2.02. The van der Waals surface area contributed by atoms with Crippen LogP contribution in [0.1, 0.15) is 79.1 Å². The van der Waals surface area contributed by atoms with Crippen LogP contribution < -0.4 is 0 Å². The van der Waals surface area contributed by atoms with E-state index in [1.807, 2.05) is 25.7 Å².